The second-order valence-corrected chi connectivity index (χ2v) is 4.28. The van der Waals surface area contributed by atoms with Crippen LogP contribution in [-0.4, -0.2) is 25.0 Å². The van der Waals surface area contributed by atoms with Crippen LogP contribution in [0, 0.1) is 0 Å². The molecule has 0 aliphatic carbocycles. The number of esters is 1. The monoisotopic (exact) mass is 290 g/mol. The third-order valence-electron chi connectivity index (χ3n) is 1.91. The zero-order chi connectivity index (χ0) is 13.5. The maximum Gasteiger partial charge on any atom is 0.313 e. The molecule has 1 aromatic carbocycles. The Morgan fingerprint density at radius 3 is 2.61 bits per heavy atom. The Morgan fingerprint density at radius 2 is 1.94 bits per heavy atom. The summed E-state index contributed by atoms with van der Waals surface area (Å²) in [6, 6.07) is 5.00. The molecule has 0 N–H and O–H groups in total. The number of carbonyl (C=O) groups excluding carboxylic acids is 2. The van der Waals surface area contributed by atoms with Crippen LogP contribution in [0.25, 0.3) is 0 Å². The van der Waals surface area contributed by atoms with Crippen molar-refractivity contribution in [1.82, 2.24) is 0 Å². The van der Waals surface area contributed by atoms with Crippen molar-refractivity contribution in [2.24, 2.45) is 0 Å². The molecule has 4 nitrogen and oxygen atoms in total. The van der Waals surface area contributed by atoms with Gasteiger partial charge in [0.15, 0.2) is 0 Å². The van der Waals surface area contributed by atoms with Gasteiger partial charge in [-0.3, -0.25) is 9.59 Å². The van der Waals surface area contributed by atoms with Gasteiger partial charge in [-0.05, 0) is 19.1 Å². The van der Waals surface area contributed by atoms with Crippen LogP contribution in [0.5, 0.6) is 5.75 Å². The van der Waals surface area contributed by atoms with Crippen molar-refractivity contribution in [3.63, 3.8) is 0 Å². The molecule has 0 bridgehead atoms. The summed E-state index contributed by atoms with van der Waals surface area (Å²) in [5, 5.41) is 0.706. The van der Waals surface area contributed by atoms with E-state index >= 15 is 0 Å². The molecule has 6 heteroatoms. The Balaban J connectivity index is 2.32. The van der Waals surface area contributed by atoms with E-state index in [4.69, 9.17) is 32.7 Å². The average Bonchev–Trinajstić information content (AvgIpc) is 2.29. The molecule has 0 aliphatic heterocycles. The minimum absolute atomic E-state index is 0.0506. The molecule has 0 amide bonds. The molecule has 0 saturated carbocycles. The van der Waals surface area contributed by atoms with Crippen LogP contribution in [0.3, 0.4) is 0 Å². The summed E-state index contributed by atoms with van der Waals surface area (Å²) < 4.78 is 10.1. The highest BCUT2D eigenvalue weighted by atomic mass is 35.5. The Labute approximate surface area is 115 Å². The molecule has 1 aromatic rings. The van der Waals surface area contributed by atoms with Crippen LogP contribution < -0.4 is 4.74 Å². The predicted octanol–water partition coefficient (Wildman–Crippen LogP) is 2.89. The second kappa shape index (κ2) is 7.24. The molecule has 1 rings (SSSR count). The molecule has 0 unspecified atom stereocenters. The highest BCUT2D eigenvalue weighted by molar-refractivity contribution is 6.42. The lowest BCUT2D eigenvalue weighted by Crippen LogP contribution is -2.14. The fourth-order valence-corrected chi connectivity index (χ4v) is 1.50. The first-order valence-electron chi connectivity index (χ1n) is 5.22. The van der Waals surface area contributed by atoms with E-state index in [1.807, 2.05) is 0 Å². The highest BCUT2D eigenvalue weighted by Gasteiger charge is 2.07. The minimum atomic E-state index is -0.566. The van der Waals surface area contributed by atoms with Gasteiger partial charge >= 0.3 is 5.97 Å². The van der Waals surface area contributed by atoms with Crippen LogP contribution in [0.15, 0.2) is 18.2 Å². The van der Waals surface area contributed by atoms with E-state index in [0.29, 0.717) is 15.8 Å². The number of benzene rings is 1. The van der Waals surface area contributed by atoms with Crippen molar-refractivity contribution in [3.8, 4) is 5.75 Å². The quantitative estimate of drug-likeness (QED) is 0.459. The van der Waals surface area contributed by atoms with Gasteiger partial charge in [-0.2, -0.15) is 0 Å². The zero-order valence-electron chi connectivity index (χ0n) is 9.74. The molecule has 0 spiro atoms. The number of halogens is 2. The van der Waals surface area contributed by atoms with Gasteiger partial charge in [0.1, 0.15) is 36.2 Å². The first kappa shape index (κ1) is 14.8. The molecular formula is C12H12Cl2O4. The summed E-state index contributed by atoms with van der Waals surface area (Å²) >= 11 is 11.7. The largest absolute Gasteiger partial charge is 0.488 e. The lowest BCUT2D eigenvalue weighted by Gasteiger charge is -2.09. The number of hydrogen-bond acceptors (Lipinski definition) is 4. The minimum Gasteiger partial charge on any atom is -0.488 e. The molecule has 0 radical (unpaired) electrons. The van der Waals surface area contributed by atoms with Crippen LogP contribution in [0.4, 0.5) is 0 Å². The first-order chi connectivity index (χ1) is 8.50. The number of rotatable bonds is 6. The fraction of sp³-hybridized carbons (Fsp3) is 0.333. The van der Waals surface area contributed by atoms with Crippen LogP contribution in [-0.2, 0) is 14.3 Å². The molecule has 0 aliphatic rings. The molecular weight excluding hydrogens is 279 g/mol. The molecule has 0 atom stereocenters. The summed E-state index contributed by atoms with van der Waals surface area (Å²) in [5.41, 5.74) is 0. The third kappa shape index (κ3) is 4.94. The van der Waals surface area contributed by atoms with Gasteiger partial charge < -0.3 is 9.47 Å². The molecule has 98 valence electrons. The lowest BCUT2D eigenvalue weighted by atomic mass is 10.3. The fourth-order valence-electron chi connectivity index (χ4n) is 1.16. The van der Waals surface area contributed by atoms with Crippen LogP contribution >= 0.6 is 23.2 Å². The molecule has 0 fully saturated rings. The molecule has 18 heavy (non-hydrogen) atoms. The predicted molar refractivity (Wildman–Crippen MR) is 68.2 cm³/mol. The second-order valence-electron chi connectivity index (χ2n) is 3.50. The standard InChI is InChI=1S/C12H12Cl2O4/c1-8(15)7-11(16)18-6-5-17-10-4-2-3-9(13)12(10)14/h2-4H,5-7H2,1H3. The lowest BCUT2D eigenvalue weighted by molar-refractivity contribution is -0.146. The normalized spacial score (nSPS) is 9.94. The summed E-state index contributed by atoms with van der Waals surface area (Å²) in [7, 11) is 0. The van der Waals surface area contributed by atoms with Gasteiger partial charge in [-0.15, -0.1) is 0 Å². The van der Waals surface area contributed by atoms with Crippen molar-refractivity contribution in [3.05, 3.63) is 28.2 Å². The number of hydrogen-bond donors (Lipinski definition) is 0. The summed E-state index contributed by atoms with van der Waals surface area (Å²) in [4.78, 5) is 21.7. The maximum atomic E-state index is 11.0. The Morgan fingerprint density at radius 1 is 1.22 bits per heavy atom. The van der Waals surface area contributed by atoms with Crippen molar-refractivity contribution in [2.75, 3.05) is 13.2 Å². The topological polar surface area (TPSA) is 52.6 Å². The average molecular weight is 291 g/mol. The van der Waals surface area contributed by atoms with Gasteiger partial charge in [-0.25, -0.2) is 0 Å². The van der Waals surface area contributed by atoms with Crippen LogP contribution in [0.1, 0.15) is 13.3 Å². The molecule has 0 saturated heterocycles. The van der Waals surface area contributed by atoms with E-state index in [1.54, 1.807) is 18.2 Å². The Hall–Kier alpha value is -1.26. The van der Waals surface area contributed by atoms with Crippen molar-refractivity contribution in [2.45, 2.75) is 13.3 Å². The van der Waals surface area contributed by atoms with Crippen molar-refractivity contribution >= 4 is 35.0 Å². The SMILES string of the molecule is CC(=O)CC(=O)OCCOc1cccc(Cl)c1Cl. The third-order valence-corrected chi connectivity index (χ3v) is 2.71. The van der Waals surface area contributed by atoms with E-state index in [1.165, 1.54) is 6.92 Å². The van der Waals surface area contributed by atoms with Gasteiger partial charge in [-0.1, -0.05) is 29.3 Å². The van der Waals surface area contributed by atoms with Crippen LogP contribution in [0.2, 0.25) is 10.0 Å². The van der Waals surface area contributed by atoms with E-state index < -0.39 is 5.97 Å². The number of Topliss-reactive ketones (excluding diaryl/α,β-unsaturated/α-hetero) is 1. The summed E-state index contributed by atoms with van der Waals surface area (Å²) in [6.45, 7) is 1.52. The van der Waals surface area contributed by atoms with Gasteiger partial charge in [0.05, 0.1) is 5.02 Å². The van der Waals surface area contributed by atoms with E-state index in [9.17, 15) is 9.59 Å². The van der Waals surface area contributed by atoms with E-state index in [0.717, 1.165) is 0 Å². The van der Waals surface area contributed by atoms with Gasteiger partial charge in [0.25, 0.3) is 0 Å². The zero-order valence-corrected chi connectivity index (χ0v) is 11.3. The number of carbonyl (C=O) groups is 2. The maximum absolute atomic E-state index is 11.0. The molecule has 0 heterocycles. The van der Waals surface area contributed by atoms with E-state index in [-0.39, 0.29) is 25.4 Å². The molecule has 0 aromatic heterocycles. The van der Waals surface area contributed by atoms with Gasteiger partial charge in [0, 0.05) is 0 Å². The van der Waals surface area contributed by atoms with Crippen molar-refractivity contribution < 1.29 is 19.1 Å². The Kier molecular flexibility index (Phi) is 5.95. The number of ketones is 1. The first-order valence-corrected chi connectivity index (χ1v) is 5.98. The number of ether oxygens (including phenoxy) is 2. The van der Waals surface area contributed by atoms with Gasteiger partial charge in [0.2, 0.25) is 0 Å². The summed E-state index contributed by atoms with van der Waals surface area (Å²) in [6.07, 6.45) is -0.224. The highest BCUT2D eigenvalue weighted by Crippen LogP contribution is 2.31. The Bertz CT molecular complexity index is 446. The van der Waals surface area contributed by atoms with E-state index in [2.05, 4.69) is 0 Å². The smallest absolute Gasteiger partial charge is 0.313 e. The van der Waals surface area contributed by atoms with Crippen molar-refractivity contribution in [1.29, 1.82) is 0 Å². The summed E-state index contributed by atoms with van der Waals surface area (Å²) in [5.74, 6) is -0.381.